The van der Waals surface area contributed by atoms with Crippen LogP contribution in [0.5, 0.6) is 0 Å². The predicted octanol–water partition coefficient (Wildman–Crippen LogP) is 4.51. The topological polar surface area (TPSA) is 68.0 Å². The van der Waals surface area contributed by atoms with E-state index in [0.29, 0.717) is 23.2 Å². The van der Waals surface area contributed by atoms with Gasteiger partial charge >= 0.3 is 0 Å². The molecule has 1 unspecified atom stereocenters. The van der Waals surface area contributed by atoms with Crippen molar-refractivity contribution in [2.24, 2.45) is 0 Å². The molecule has 26 heavy (non-hydrogen) atoms. The number of carbonyl (C=O) groups excluding carboxylic acids is 1. The summed E-state index contributed by atoms with van der Waals surface area (Å²) >= 11 is 5.88. The zero-order valence-corrected chi connectivity index (χ0v) is 15.5. The van der Waals surface area contributed by atoms with Crippen LogP contribution in [-0.4, -0.2) is 16.0 Å². The molecule has 1 atom stereocenters. The fraction of sp³-hybridized carbons (Fsp3) is 0.250. The first kappa shape index (κ1) is 18.1. The van der Waals surface area contributed by atoms with Gasteiger partial charge in [-0.1, -0.05) is 52.7 Å². The van der Waals surface area contributed by atoms with Gasteiger partial charge in [0.15, 0.2) is 0 Å². The van der Waals surface area contributed by atoms with Gasteiger partial charge in [-0.3, -0.25) is 4.79 Å². The highest BCUT2D eigenvalue weighted by Gasteiger charge is 2.13. The second-order valence-corrected chi connectivity index (χ2v) is 6.66. The van der Waals surface area contributed by atoms with Gasteiger partial charge < -0.3 is 9.84 Å². The summed E-state index contributed by atoms with van der Waals surface area (Å²) < 4.78 is 5.26. The van der Waals surface area contributed by atoms with Gasteiger partial charge in [0, 0.05) is 23.4 Å². The molecule has 0 aliphatic heterocycles. The first-order chi connectivity index (χ1) is 12.5. The smallest absolute Gasteiger partial charge is 0.227 e. The van der Waals surface area contributed by atoms with Crippen LogP contribution in [0.15, 0.2) is 53.1 Å². The van der Waals surface area contributed by atoms with E-state index < -0.39 is 0 Å². The normalized spacial score (nSPS) is 12.0. The number of halogens is 1. The van der Waals surface area contributed by atoms with E-state index in [4.69, 9.17) is 16.1 Å². The number of hydrogen-bond acceptors (Lipinski definition) is 4. The molecule has 3 aromatic rings. The van der Waals surface area contributed by atoms with Crippen LogP contribution in [0, 0.1) is 6.92 Å². The maximum absolute atomic E-state index is 12.2. The number of nitrogens with one attached hydrogen (secondary N) is 1. The Hall–Kier alpha value is -2.66. The van der Waals surface area contributed by atoms with Gasteiger partial charge in [-0.05, 0) is 37.6 Å². The number of amides is 1. The summed E-state index contributed by atoms with van der Waals surface area (Å²) in [5.74, 6) is 0.928. The van der Waals surface area contributed by atoms with Crippen LogP contribution in [0.4, 0.5) is 0 Å². The molecule has 1 heterocycles. The van der Waals surface area contributed by atoms with Gasteiger partial charge in [-0.25, -0.2) is 0 Å². The molecule has 5 nitrogen and oxygen atoms in total. The average molecular weight is 370 g/mol. The van der Waals surface area contributed by atoms with E-state index in [1.807, 2.05) is 62.4 Å². The van der Waals surface area contributed by atoms with Crippen molar-refractivity contribution in [1.82, 2.24) is 15.5 Å². The second kappa shape index (κ2) is 8.15. The molecular formula is C20H20ClN3O2. The van der Waals surface area contributed by atoms with Crippen molar-refractivity contribution in [3.05, 3.63) is 70.6 Å². The summed E-state index contributed by atoms with van der Waals surface area (Å²) in [6, 6.07) is 15.2. The van der Waals surface area contributed by atoms with E-state index in [9.17, 15) is 4.79 Å². The van der Waals surface area contributed by atoms with E-state index in [2.05, 4.69) is 15.5 Å². The second-order valence-electron chi connectivity index (χ2n) is 6.22. The first-order valence-corrected chi connectivity index (χ1v) is 8.83. The molecule has 134 valence electrons. The molecule has 0 spiro atoms. The van der Waals surface area contributed by atoms with Gasteiger partial charge in [-0.2, -0.15) is 4.98 Å². The van der Waals surface area contributed by atoms with Crippen LogP contribution in [0.1, 0.15) is 36.4 Å². The maximum atomic E-state index is 12.2. The van der Waals surface area contributed by atoms with E-state index >= 15 is 0 Å². The fourth-order valence-corrected chi connectivity index (χ4v) is 2.75. The van der Waals surface area contributed by atoms with Crippen molar-refractivity contribution >= 4 is 17.5 Å². The molecule has 0 saturated carbocycles. The van der Waals surface area contributed by atoms with Crippen LogP contribution in [0.3, 0.4) is 0 Å². The number of rotatable bonds is 6. The number of hydrogen-bond donors (Lipinski definition) is 1. The van der Waals surface area contributed by atoms with Crippen molar-refractivity contribution in [3.8, 4) is 11.4 Å². The van der Waals surface area contributed by atoms with Crippen molar-refractivity contribution < 1.29 is 9.32 Å². The Morgan fingerprint density at radius 3 is 2.73 bits per heavy atom. The fourth-order valence-electron chi connectivity index (χ4n) is 2.63. The number of nitrogens with zero attached hydrogens (tertiary/aromatic N) is 2. The van der Waals surface area contributed by atoms with Crippen LogP contribution < -0.4 is 5.32 Å². The first-order valence-electron chi connectivity index (χ1n) is 8.46. The Balaban J connectivity index is 1.54. The zero-order valence-electron chi connectivity index (χ0n) is 14.7. The van der Waals surface area contributed by atoms with E-state index in [0.717, 1.165) is 16.7 Å². The Kier molecular flexibility index (Phi) is 5.68. The predicted molar refractivity (Wildman–Crippen MR) is 101 cm³/mol. The van der Waals surface area contributed by atoms with Crippen LogP contribution in [0.25, 0.3) is 11.4 Å². The van der Waals surface area contributed by atoms with Gasteiger partial charge in [0.2, 0.25) is 17.6 Å². The van der Waals surface area contributed by atoms with Gasteiger partial charge in [0.25, 0.3) is 0 Å². The quantitative estimate of drug-likeness (QED) is 0.694. The summed E-state index contributed by atoms with van der Waals surface area (Å²) in [6.07, 6.45) is 0.686. The molecule has 0 saturated heterocycles. The Morgan fingerprint density at radius 1 is 1.23 bits per heavy atom. The summed E-state index contributed by atoms with van der Waals surface area (Å²) in [5, 5.41) is 7.63. The number of benzene rings is 2. The highest BCUT2D eigenvalue weighted by molar-refractivity contribution is 6.30. The van der Waals surface area contributed by atoms with Crippen LogP contribution >= 0.6 is 11.6 Å². The highest BCUT2D eigenvalue weighted by atomic mass is 35.5. The van der Waals surface area contributed by atoms with Crippen molar-refractivity contribution in [2.45, 2.75) is 32.7 Å². The van der Waals surface area contributed by atoms with E-state index in [1.165, 1.54) is 0 Å². The molecule has 6 heteroatoms. The van der Waals surface area contributed by atoms with Gasteiger partial charge in [-0.15, -0.1) is 0 Å². The molecule has 1 amide bonds. The third-order valence-corrected chi connectivity index (χ3v) is 4.31. The van der Waals surface area contributed by atoms with Crippen molar-refractivity contribution in [2.75, 3.05) is 0 Å². The SMILES string of the molecule is Cc1cccc(-c2noc(CCC(=O)NC(C)c3ccc(Cl)cc3)n2)c1. The maximum Gasteiger partial charge on any atom is 0.227 e. The minimum atomic E-state index is -0.0923. The number of aromatic nitrogens is 2. The third kappa shape index (κ3) is 4.70. The lowest BCUT2D eigenvalue weighted by Gasteiger charge is -2.14. The Bertz CT molecular complexity index is 890. The lowest BCUT2D eigenvalue weighted by Crippen LogP contribution is -2.26. The minimum Gasteiger partial charge on any atom is -0.350 e. The largest absolute Gasteiger partial charge is 0.350 e. The summed E-state index contributed by atoms with van der Waals surface area (Å²) in [4.78, 5) is 16.5. The van der Waals surface area contributed by atoms with Crippen LogP contribution in [-0.2, 0) is 11.2 Å². The molecular weight excluding hydrogens is 350 g/mol. The summed E-state index contributed by atoms with van der Waals surface area (Å²) in [5.41, 5.74) is 3.03. The minimum absolute atomic E-state index is 0.0669. The average Bonchev–Trinajstić information content (AvgIpc) is 3.09. The highest BCUT2D eigenvalue weighted by Crippen LogP contribution is 2.18. The Morgan fingerprint density at radius 2 is 2.00 bits per heavy atom. The lowest BCUT2D eigenvalue weighted by atomic mass is 10.1. The molecule has 0 aliphatic rings. The van der Waals surface area contributed by atoms with E-state index in [-0.39, 0.29) is 18.4 Å². The van der Waals surface area contributed by atoms with Crippen molar-refractivity contribution in [3.63, 3.8) is 0 Å². The molecule has 0 radical (unpaired) electrons. The molecule has 0 fully saturated rings. The molecule has 1 N–H and O–H groups in total. The van der Waals surface area contributed by atoms with E-state index in [1.54, 1.807) is 0 Å². The molecule has 3 rings (SSSR count). The number of carbonyl (C=O) groups is 1. The molecule has 1 aromatic heterocycles. The summed E-state index contributed by atoms with van der Waals surface area (Å²) in [6.45, 7) is 3.94. The molecule has 2 aromatic carbocycles. The van der Waals surface area contributed by atoms with Crippen molar-refractivity contribution in [1.29, 1.82) is 0 Å². The number of aryl methyl sites for hydroxylation is 2. The monoisotopic (exact) mass is 369 g/mol. The zero-order chi connectivity index (χ0) is 18.5. The standard InChI is InChI=1S/C20H20ClN3O2/c1-13-4-3-5-16(12-13)20-23-19(26-24-20)11-10-18(25)22-14(2)15-6-8-17(21)9-7-15/h3-9,12,14H,10-11H2,1-2H3,(H,22,25). The third-order valence-electron chi connectivity index (χ3n) is 4.06. The van der Waals surface area contributed by atoms with Crippen LogP contribution in [0.2, 0.25) is 5.02 Å². The lowest BCUT2D eigenvalue weighted by molar-refractivity contribution is -0.121. The molecule has 0 bridgehead atoms. The summed E-state index contributed by atoms with van der Waals surface area (Å²) in [7, 11) is 0. The van der Waals surface area contributed by atoms with Gasteiger partial charge in [0.05, 0.1) is 6.04 Å². The van der Waals surface area contributed by atoms with Gasteiger partial charge in [0.1, 0.15) is 0 Å². The molecule has 0 aliphatic carbocycles. The Labute approximate surface area is 157 Å².